The number of hydrogen-bond acceptors (Lipinski definition) is 7. The van der Waals surface area contributed by atoms with Crippen LogP contribution in [0.2, 0.25) is 0 Å². The van der Waals surface area contributed by atoms with Gasteiger partial charge in [-0.1, -0.05) is 35.1 Å². The highest BCUT2D eigenvalue weighted by Crippen LogP contribution is 2.42. The van der Waals surface area contributed by atoms with E-state index in [1.807, 2.05) is 25.1 Å². The Balaban J connectivity index is 1.44. The molecule has 1 aromatic carbocycles. The molecule has 0 amide bonds. The van der Waals surface area contributed by atoms with Gasteiger partial charge in [0, 0.05) is 11.6 Å². The number of aromatic nitrogens is 5. The predicted octanol–water partition coefficient (Wildman–Crippen LogP) is 4.64. The Labute approximate surface area is 159 Å². The van der Waals surface area contributed by atoms with Crippen LogP contribution in [0.25, 0.3) is 17.3 Å². The van der Waals surface area contributed by atoms with Crippen LogP contribution < -0.4 is 0 Å². The minimum absolute atomic E-state index is 0.0695. The molecule has 136 valence electrons. The minimum Gasteiger partial charge on any atom is -0.461 e. The summed E-state index contributed by atoms with van der Waals surface area (Å²) in [5.74, 6) is 3.09. The van der Waals surface area contributed by atoms with E-state index in [1.54, 1.807) is 30.2 Å². The zero-order chi connectivity index (χ0) is 18.2. The van der Waals surface area contributed by atoms with Gasteiger partial charge in [0.2, 0.25) is 11.7 Å². The van der Waals surface area contributed by atoms with Crippen molar-refractivity contribution in [3.63, 3.8) is 0 Å². The molecule has 7 nitrogen and oxygen atoms in total. The van der Waals surface area contributed by atoms with E-state index in [9.17, 15) is 0 Å². The number of benzene rings is 1. The Hall–Kier alpha value is -2.87. The first-order valence-corrected chi connectivity index (χ1v) is 9.72. The largest absolute Gasteiger partial charge is 0.461 e. The Morgan fingerprint density at radius 1 is 1.11 bits per heavy atom. The molecule has 1 aliphatic rings. The molecule has 3 aromatic heterocycles. The monoisotopic (exact) mass is 379 g/mol. The van der Waals surface area contributed by atoms with Crippen molar-refractivity contribution in [2.24, 2.45) is 0 Å². The molecular weight excluding hydrogens is 362 g/mol. The smallest absolute Gasteiger partial charge is 0.240 e. The van der Waals surface area contributed by atoms with E-state index >= 15 is 0 Å². The molecule has 0 N–H and O–H groups in total. The summed E-state index contributed by atoms with van der Waals surface area (Å²) in [6.45, 7) is 2.02. The first kappa shape index (κ1) is 16.3. The lowest BCUT2D eigenvalue weighted by Crippen LogP contribution is -2.02. The van der Waals surface area contributed by atoms with Crippen molar-refractivity contribution >= 4 is 11.8 Å². The van der Waals surface area contributed by atoms with Gasteiger partial charge in [-0.15, -0.1) is 10.2 Å². The minimum atomic E-state index is -0.0695. The van der Waals surface area contributed by atoms with Gasteiger partial charge in [0.05, 0.1) is 11.5 Å². The zero-order valence-electron chi connectivity index (χ0n) is 14.6. The molecule has 0 spiro atoms. The highest BCUT2D eigenvalue weighted by molar-refractivity contribution is 7.99. The second kappa shape index (κ2) is 6.70. The summed E-state index contributed by atoms with van der Waals surface area (Å²) < 4.78 is 12.9. The highest BCUT2D eigenvalue weighted by atomic mass is 32.2. The van der Waals surface area contributed by atoms with Crippen molar-refractivity contribution in [1.82, 2.24) is 24.9 Å². The molecular formula is C19H17N5O2S. The van der Waals surface area contributed by atoms with Crippen LogP contribution in [-0.2, 0) is 0 Å². The fourth-order valence-electron chi connectivity index (χ4n) is 2.90. The Bertz CT molecular complexity index is 1040. The van der Waals surface area contributed by atoms with Crippen molar-refractivity contribution in [3.8, 4) is 17.3 Å². The second-order valence-electron chi connectivity index (χ2n) is 6.48. The molecule has 8 heteroatoms. The van der Waals surface area contributed by atoms with Crippen molar-refractivity contribution in [2.45, 2.75) is 36.1 Å². The summed E-state index contributed by atoms with van der Waals surface area (Å²) in [4.78, 5) is 4.46. The van der Waals surface area contributed by atoms with E-state index in [0.717, 1.165) is 16.7 Å². The van der Waals surface area contributed by atoms with Crippen LogP contribution in [0.4, 0.5) is 0 Å². The molecule has 1 aliphatic carbocycles. The van der Waals surface area contributed by atoms with Gasteiger partial charge in [-0.05, 0) is 44.0 Å². The number of hydrogen-bond donors (Lipinski definition) is 0. The lowest BCUT2D eigenvalue weighted by atomic mass is 10.3. The summed E-state index contributed by atoms with van der Waals surface area (Å²) in [6, 6.07) is 13.8. The Morgan fingerprint density at radius 3 is 2.70 bits per heavy atom. The normalized spacial score (nSPS) is 15.1. The molecule has 5 rings (SSSR count). The van der Waals surface area contributed by atoms with Crippen molar-refractivity contribution < 1.29 is 8.94 Å². The molecule has 0 unspecified atom stereocenters. The van der Waals surface area contributed by atoms with Gasteiger partial charge in [-0.2, -0.15) is 4.98 Å². The number of para-hydroxylation sites is 1. The Kier molecular flexibility index (Phi) is 4.05. The predicted molar refractivity (Wildman–Crippen MR) is 99.6 cm³/mol. The third-order valence-corrected chi connectivity index (χ3v) is 5.46. The lowest BCUT2D eigenvalue weighted by molar-refractivity contribution is 0.379. The molecule has 0 radical (unpaired) electrons. The van der Waals surface area contributed by atoms with Crippen molar-refractivity contribution in [3.05, 3.63) is 60.4 Å². The molecule has 0 aliphatic heterocycles. The van der Waals surface area contributed by atoms with Crippen LogP contribution in [0.15, 0.2) is 62.8 Å². The number of nitrogens with zero attached hydrogens (tertiary/aromatic N) is 5. The van der Waals surface area contributed by atoms with Crippen LogP contribution in [0.5, 0.6) is 0 Å². The van der Waals surface area contributed by atoms with Crippen LogP contribution >= 0.6 is 11.8 Å². The van der Waals surface area contributed by atoms with E-state index in [0.29, 0.717) is 23.4 Å². The summed E-state index contributed by atoms with van der Waals surface area (Å²) in [5.41, 5.74) is 1.07. The first-order valence-electron chi connectivity index (χ1n) is 8.84. The Morgan fingerprint density at radius 2 is 1.96 bits per heavy atom. The number of furan rings is 1. The van der Waals surface area contributed by atoms with Crippen LogP contribution in [0.3, 0.4) is 0 Å². The maximum Gasteiger partial charge on any atom is 0.240 e. The molecule has 0 saturated heterocycles. The quantitative estimate of drug-likeness (QED) is 0.451. The van der Waals surface area contributed by atoms with Crippen molar-refractivity contribution in [2.75, 3.05) is 0 Å². The van der Waals surface area contributed by atoms with Gasteiger partial charge < -0.3 is 8.94 Å². The van der Waals surface area contributed by atoms with E-state index < -0.39 is 0 Å². The van der Waals surface area contributed by atoms with Crippen molar-refractivity contribution in [1.29, 1.82) is 0 Å². The van der Waals surface area contributed by atoms with Gasteiger partial charge in [0.15, 0.2) is 10.9 Å². The molecule has 3 heterocycles. The van der Waals surface area contributed by atoms with Crippen LogP contribution in [-0.4, -0.2) is 24.9 Å². The summed E-state index contributed by atoms with van der Waals surface area (Å²) in [5, 5.41) is 13.7. The number of thioether (sulfide) groups is 1. The molecule has 1 fully saturated rings. The average Bonchev–Trinajstić information content (AvgIpc) is 3.11. The highest BCUT2D eigenvalue weighted by Gasteiger charge is 2.32. The third kappa shape index (κ3) is 3.16. The first-order chi connectivity index (χ1) is 13.3. The van der Waals surface area contributed by atoms with Crippen LogP contribution in [0.1, 0.15) is 42.6 Å². The van der Waals surface area contributed by atoms with E-state index in [2.05, 4.69) is 37.0 Å². The van der Waals surface area contributed by atoms with Gasteiger partial charge >= 0.3 is 0 Å². The summed E-state index contributed by atoms with van der Waals surface area (Å²) in [7, 11) is 0. The van der Waals surface area contributed by atoms with E-state index in [1.165, 1.54) is 12.8 Å². The molecule has 1 saturated carbocycles. The maximum atomic E-state index is 5.44. The third-order valence-electron chi connectivity index (χ3n) is 4.43. The van der Waals surface area contributed by atoms with Gasteiger partial charge in [0.1, 0.15) is 5.82 Å². The van der Waals surface area contributed by atoms with Gasteiger partial charge in [0.25, 0.3) is 0 Å². The van der Waals surface area contributed by atoms with Gasteiger partial charge in [-0.3, -0.25) is 4.57 Å². The average molecular weight is 379 g/mol. The van der Waals surface area contributed by atoms with Crippen LogP contribution in [0, 0.1) is 0 Å². The number of rotatable bonds is 6. The maximum absolute atomic E-state index is 5.44. The molecule has 4 aromatic rings. The lowest BCUT2D eigenvalue weighted by Gasteiger charge is -2.11. The fourth-order valence-corrected chi connectivity index (χ4v) is 3.80. The topological polar surface area (TPSA) is 82.8 Å². The molecule has 27 heavy (non-hydrogen) atoms. The fraction of sp³-hybridized carbons (Fsp3) is 0.263. The standard InChI is InChI=1S/C19H17N5O2S/c1-12(18-20-16(23-26-18)15-8-5-11-25-15)27-19-22-21-17(13-9-10-13)24(19)14-6-3-2-4-7-14/h2-8,11-13H,9-10H2,1H3/t12-/m1/s1. The van der Waals surface area contributed by atoms with E-state index in [-0.39, 0.29) is 5.25 Å². The molecule has 0 bridgehead atoms. The summed E-state index contributed by atoms with van der Waals surface area (Å²) >= 11 is 1.56. The molecule has 1 atom stereocenters. The summed E-state index contributed by atoms with van der Waals surface area (Å²) in [6.07, 6.45) is 3.92. The second-order valence-corrected chi connectivity index (χ2v) is 7.79. The van der Waals surface area contributed by atoms with Gasteiger partial charge in [-0.25, -0.2) is 0 Å². The van der Waals surface area contributed by atoms with E-state index in [4.69, 9.17) is 8.94 Å². The SMILES string of the molecule is C[C@@H](Sc1nnc(C2CC2)n1-c1ccccc1)c1nc(-c2ccco2)no1. The zero-order valence-corrected chi connectivity index (χ0v) is 15.5.